The van der Waals surface area contributed by atoms with E-state index in [9.17, 15) is 14.4 Å². The highest BCUT2D eigenvalue weighted by molar-refractivity contribution is 5.99. The molecule has 0 spiro atoms. The van der Waals surface area contributed by atoms with Crippen LogP contribution in [-0.2, 0) is 19.1 Å². The van der Waals surface area contributed by atoms with E-state index < -0.39 is 42.6 Å². The number of nitrogens with zero attached hydrogens (tertiary/aromatic N) is 1. The van der Waals surface area contributed by atoms with Gasteiger partial charge in [-0.3, -0.25) is 14.4 Å². The average molecular weight is 572 g/mol. The van der Waals surface area contributed by atoms with Crippen molar-refractivity contribution in [1.82, 2.24) is 4.98 Å². The molecule has 0 aliphatic heterocycles. The zero-order valence-electron chi connectivity index (χ0n) is 23.9. The summed E-state index contributed by atoms with van der Waals surface area (Å²) in [4.78, 5) is 41.8. The summed E-state index contributed by atoms with van der Waals surface area (Å²) in [7, 11) is 1.41. The van der Waals surface area contributed by atoms with Gasteiger partial charge >= 0.3 is 11.9 Å². The summed E-state index contributed by atoms with van der Waals surface area (Å²) in [6.45, 7) is 4.19. The number of benzene rings is 3. The Kier molecular flexibility index (Phi) is 10.1. The molecule has 3 atom stereocenters. The van der Waals surface area contributed by atoms with E-state index >= 15 is 0 Å². The van der Waals surface area contributed by atoms with Gasteiger partial charge in [0.2, 0.25) is 6.79 Å². The van der Waals surface area contributed by atoms with Crippen molar-refractivity contribution in [3.05, 3.63) is 96.3 Å². The number of hydrogen-bond donors (Lipinski definition) is 0. The second-order valence-corrected chi connectivity index (χ2v) is 9.68. The van der Waals surface area contributed by atoms with Crippen molar-refractivity contribution < 1.29 is 38.1 Å². The van der Waals surface area contributed by atoms with Gasteiger partial charge in [-0.15, -0.1) is 0 Å². The highest BCUT2D eigenvalue weighted by Crippen LogP contribution is 2.33. The van der Waals surface area contributed by atoms with Gasteiger partial charge in [-0.2, -0.15) is 0 Å². The van der Waals surface area contributed by atoms with E-state index in [1.807, 2.05) is 72.8 Å². The van der Waals surface area contributed by atoms with Crippen LogP contribution < -0.4 is 14.2 Å². The van der Waals surface area contributed by atoms with Crippen molar-refractivity contribution >= 4 is 28.5 Å². The fraction of sp³-hybridized carbons (Fsp3) is 0.273. The van der Waals surface area contributed by atoms with Crippen molar-refractivity contribution in [3.8, 4) is 17.2 Å². The van der Waals surface area contributed by atoms with Crippen LogP contribution in [0.5, 0.6) is 17.2 Å². The van der Waals surface area contributed by atoms with Gasteiger partial charge < -0.3 is 23.7 Å². The number of fused-ring (bicyclic) bond motifs is 1. The van der Waals surface area contributed by atoms with Gasteiger partial charge in [-0.05, 0) is 29.8 Å². The summed E-state index contributed by atoms with van der Waals surface area (Å²) in [5.41, 5.74) is 0.825. The number of methoxy groups -OCH3 is 1. The molecule has 4 aromatic rings. The number of rotatable bonds is 13. The minimum Gasteiger partial charge on any atom is -0.493 e. The summed E-state index contributed by atoms with van der Waals surface area (Å²) >= 11 is 0. The molecule has 1 aromatic heterocycles. The average Bonchev–Trinajstić information content (AvgIpc) is 2.99. The first kappa shape index (κ1) is 30.0. The Hall–Kier alpha value is -4.92. The zero-order valence-corrected chi connectivity index (χ0v) is 23.9. The lowest BCUT2D eigenvalue weighted by molar-refractivity contribution is -0.157. The maximum absolute atomic E-state index is 13.3. The zero-order chi connectivity index (χ0) is 30.1. The third-order valence-corrected chi connectivity index (χ3v) is 6.58. The molecule has 0 radical (unpaired) electrons. The van der Waals surface area contributed by atoms with Gasteiger partial charge in [-0.25, -0.2) is 4.98 Å². The largest absolute Gasteiger partial charge is 0.493 e. The van der Waals surface area contributed by atoms with Crippen LogP contribution >= 0.6 is 0 Å². The molecule has 0 bridgehead atoms. The standard InChI is InChI=1S/C33H33NO8/c1-21(19-28(36)30-32(40-20-39-23(3)35)29(38-4)17-18-34-30)33(37)41-22(2)31(42-25-13-6-5-7-14-25)27-16-10-12-24-11-8-9-15-26(24)27/h5-18,21-22,31H,19-20H2,1-4H3/t21-,22+,31+/m1/s1. The number of esters is 2. The van der Waals surface area contributed by atoms with E-state index in [0.29, 0.717) is 5.75 Å². The lowest BCUT2D eigenvalue weighted by Gasteiger charge is -2.27. The quantitative estimate of drug-likeness (QED) is 0.107. The predicted molar refractivity (Wildman–Crippen MR) is 155 cm³/mol. The van der Waals surface area contributed by atoms with Crippen molar-refractivity contribution in [2.75, 3.05) is 13.9 Å². The van der Waals surface area contributed by atoms with E-state index in [-0.39, 0.29) is 23.6 Å². The number of carbonyl (C=O) groups excluding carboxylic acids is 3. The molecule has 0 saturated heterocycles. The van der Waals surface area contributed by atoms with E-state index in [0.717, 1.165) is 16.3 Å². The minimum atomic E-state index is -0.806. The van der Waals surface area contributed by atoms with Gasteiger partial charge in [0.25, 0.3) is 0 Å². The van der Waals surface area contributed by atoms with Gasteiger partial charge in [0.1, 0.15) is 11.9 Å². The van der Waals surface area contributed by atoms with Gasteiger partial charge in [0.05, 0.1) is 13.0 Å². The number of ketones is 1. The minimum absolute atomic E-state index is 0.0208. The van der Waals surface area contributed by atoms with Crippen LogP contribution in [0.1, 0.15) is 49.3 Å². The lowest BCUT2D eigenvalue weighted by atomic mass is 9.97. The van der Waals surface area contributed by atoms with Gasteiger partial charge in [0.15, 0.2) is 29.1 Å². The maximum atomic E-state index is 13.3. The van der Waals surface area contributed by atoms with E-state index in [1.165, 1.54) is 26.3 Å². The molecule has 0 aliphatic rings. The van der Waals surface area contributed by atoms with Crippen molar-refractivity contribution in [2.24, 2.45) is 5.92 Å². The highest BCUT2D eigenvalue weighted by atomic mass is 16.7. The van der Waals surface area contributed by atoms with E-state index in [2.05, 4.69) is 4.98 Å². The molecule has 0 aliphatic carbocycles. The molecule has 1 heterocycles. The van der Waals surface area contributed by atoms with Crippen molar-refractivity contribution in [1.29, 1.82) is 0 Å². The Labute approximate surface area is 244 Å². The Balaban J connectivity index is 1.52. The lowest BCUT2D eigenvalue weighted by Crippen LogP contribution is -2.30. The Bertz CT molecular complexity index is 1530. The molecule has 0 amide bonds. The number of ether oxygens (including phenoxy) is 5. The topological polar surface area (TPSA) is 110 Å². The second-order valence-electron chi connectivity index (χ2n) is 9.68. The summed E-state index contributed by atoms with van der Waals surface area (Å²) in [5, 5.41) is 2.02. The van der Waals surface area contributed by atoms with Gasteiger partial charge in [0, 0.05) is 31.2 Å². The van der Waals surface area contributed by atoms with Crippen LogP contribution in [0, 0.1) is 5.92 Å². The molecule has 0 fully saturated rings. The number of carbonyl (C=O) groups is 3. The van der Waals surface area contributed by atoms with Crippen LogP contribution in [-0.4, -0.2) is 42.7 Å². The molecule has 9 nitrogen and oxygen atoms in total. The second kappa shape index (κ2) is 14.1. The normalized spacial score (nSPS) is 13.0. The summed E-state index contributed by atoms with van der Waals surface area (Å²) in [5.74, 6) is -1.49. The van der Waals surface area contributed by atoms with Crippen LogP contribution in [0.25, 0.3) is 10.8 Å². The molecule has 4 rings (SSSR count). The van der Waals surface area contributed by atoms with Crippen molar-refractivity contribution in [3.63, 3.8) is 0 Å². The van der Waals surface area contributed by atoms with Crippen molar-refractivity contribution in [2.45, 2.75) is 39.4 Å². The molecule has 42 heavy (non-hydrogen) atoms. The van der Waals surface area contributed by atoms with Crippen LogP contribution in [0.15, 0.2) is 85.1 Å². The molecule has 3 aromatic carbocycles. The first-order chi connectivity index (χ1) is 20.3. The first-order valence-corrected chi connectivity index (χ1v) is 13.5. The fourth-order valence-corrected chi connectivity index (χ4v) is 4.48. The van der Waals surface area contributed by atoms with E-state index in [1.54, 1.807) is 13.8 Å². The summed E-state index contributed by atoms with van der Waals surface area (Å²) in [6.07, 6.45) is -0.120. The smallest absolute Gasteiger partial charge is 0.309 e. The maximum Gasteiger partial charge on any atom is 0.309 e. The number of hydrogen-bond acceptors (Lipinski definition) is 9. The molecule has 9 heteroatoms. The molecule has 0 unspecified atom stereocenters. The third kappa shape index (κ3) is 7.42. The van der Waals surface area contributed by atoms with Gasteiger partial charge in [-0.1, -0.05) is 67.6 Å². The van der Waals surface area contributed by atoms with Crippen LogP contribution in [0.3, 0.4) is 0 Å². The molecule has 0 saturated carbocycles. The Morgan fingerprint density at radius 2 is 1.60 bits per heavy atom. The molecular formula is C33H33NO8. The first-order valence-electron chi connectivity index (χ1n) is 13.5. The number of pyridine rings is 1. The molecule has 218 valence electrons. The fourth-order valence-electron chi connectivity index (χ4n) is 4.48. The number of para-hydroxylation sites is 1. The third-order valence-electron chi connectivity index (χ3n) is 6.58. The molecule has 0 N–H and O–H groups in total. The van der Waals surface area contributed by atoms with Crippen LogP contribution in [0.4, 0.5) is 0 Å². The number of Topliss-reactive ketones (excluding diaryl/α,β-unsaturated/α-hetero) is 1. The Morgan fingerprint density at radius 3 is 2.33 bits per heavy atom. The SMILES string of the molecule is COc1ccnc(C(=O)C[C@@H](C)C(=O)O[C@@H](C)[C@H](Oc2ccccc2)c2cccc3ccccc23)c1OCOC(C)=O. The van der Waals surface area contributed by atoms with E-state index in [4.69, 9.17) is 23.7 Å². The summed E-state index contributed by atoms with van der Waals surface area (Å²) < 4.78 is 27.9. The summed E-state index contributed by atoms with van der Waals surface area (Å²) in [6, 6.07) is 24.7. The Morgan fingerprint density at radius 1 is 0.881 bits per heavy atom. The number of aromatic nitrogens is 1. The highest BCUT2D eigenvalue weighted by Gasteiger charge is 2.30. The monoisotopic (exact) mass is 571 g/mol. The van der Waals surface area contributed by atoms with Crippen LogP contribution in [0.2, 0.25) is 0 Å². The predicted octanol–water partition coefficient (Wildman–Crippen LogP) is 6.10. The molecular weight excluding hydrogens is 538 g/mol.